The molecule has 4 rings (SSSR count). The molecular weight excluding hydrogens is 336 g/mol. The summed E-state index contributed by atoms with van der Waals surface area (Å²) in [6.45, 7) is 0.803. The Labute approximate surface area is 159 Å². The number of amides is 2. The second kappa shape index (κ2) is 7.66. The summed E-state index contributed by atoms with van der Waals surface area (Å²) in [5.74, 6) is 0. The van der Waals surface area contributed by atoms with E-state index in [1.165, 1.54) is 11.1 Å². The number of hydrogen-bond acceptors (Lipinski definition) is 2. The second-order valence-electron chi connectivity index (χ2n) is 7.05. The van der Waals surface area contributed by atoms with Gasteiger partial charge < -0.3 is 10.2 Å². The Balaban J connectivity index is 1.43. The molecule has 1 saturated heterocycles. The summed E-state index contributed by atoms with van der Waals surface area (Å²) in [6.07, 6.45) is 4.42. The number of aryl methyl sites for hydroxylation is 1. The van der Waals surface area contributed by atoms with Gasteiger partial charge in [-0.25, -0.2) is 4.79 Å². The standard InChI is InChI=1S/C22H24N4O/c1-25-21(15-18-10-6-3-7-11-18)20(16-23-25)24-22(27)26-13-12-19(26)14-17-8-4-2-5-9-17/h2-11,16,19H,12-15H2,1H3,(H,24,27). The van der Waals surface area contributed by atoms with Crippen molar-refractivity contribution in [3.05, 3.63) is 83.7 Å². The summed E-state index contributed by atoms with van der Waals surface area (Å²) in [6, 6.07) is 20.8. The van der Waals surface area contributed by atoms with Crippen molar-refractivity contribution in [1.82, 2.24) is 14.7 Å². The van der Waals surface area contributed by atoms with Gasteiger partial charge in [0.2, 0.25) is 0 Å². The summed E-state index contributed by atoms with van der Waals surface area (Å²) in [5, 5.41) is 7.41. The van der Waals surface area contributed by atoms with Crippen molar-refractivity contribution < 1.29 is 4.79 Å². The lowest BCUT2D eigenvalue weighted by molar-refractivity contribution is 0.125. The Morgan fingerprint density at radius 2 is 1.74 bits per heavy atom. The number of benzene rings is 2. The van der Waals surface area contributed by atoms with Crippen LogP contribution in [-0.2, 0) is 19.9 Å². The van der Waals surface area contributed by atoms with E-state index in [0.29, 0.717) is 0 Å². The van der Waals surface area contributed by atoms with Gasteiger partial charge in [0.05, 0.1) is 17.6 Å². The first-order chi connectivity index (χ1) is 13.2. The van der Waals surface area contributed by atoms with Crippen LogP contribution < -0.4 is 5.32 Å². The number of nitrogens with one attached hydrogen (secondary N) is 1. The quantitative estimate of drug-likeness (QED) is 0.751. The molecule has 3 aromatic rings. The summed E-state index contributed by atoms with van der Waals surface area (Å²) in [4.78, 5) is 14.7. The van der Waals surface area contributed by atoms with Gasteiger partial charge in [-0.15, -0.1) is 0 Å². The van der Waals surface area contributed by atoms with Gasteiger partial charge in [-0.2, -0.15) is 5.10 Å². The number of likely N-dealkylation sites (tertiary alicyclic amines) is 1. The third-order valence-electron chi connectivity index (χ3n) is 5.24. The first kappa shape index (κ1) is 17.3. The normalized spacial score (nSPS) is 16.0. The Morgan fingerprint density at radius 3 is 2.37 bits per heavy atom. The Kier molecular flexibility index (Phi) is 4.92. The SMILES string of the molecule is Cn1ncc(NC(=O)N2CCC2Cc2ccccc2)c1Cc1ccccc1. The van der Waals surface area contributed by atoms with Crippen LogP contribution in [-0.4, -0.2) is 33.3 Å². The van der Waals surface area contributed by atoms with Crippen LogP contribution in [0.2, 0.25) is 0 Å². The van der Waals surface area contributed by atoms with Crippen LogP contribution in [0.15, 0.2) is 66.9 Å². The fourth-order valence-corrected chi connectivity index (χ4v) is 3.56. The highest BCUT2D eigenvalue weighted by atomic mass is 16.2. The van der Waals surface area contributed by atoms with E-state index in [0.717, 1.165) is 37.2 Å². The van der Waals surface area contributed by atoms with Crippen molar-refractivity contribution >= 4 is 11.7 Å². The third-order valence-corrected chi connectivity index (χ3v) is 5.24. The third kappa shape index (κ3) is 3.87. The monoisotopic (exact) mass is 360 g/mol. The fourth-order valence-electron chi connectivity index (χ4n) is 3.56. The predicted octanol–water partition coefficient (Wildman–Crippen LogP) is 3.86. The number of carbonyl (C=O) groups is 1. The maximum atomic E-state index is 12.8. The molecule has 138 valence electrons. The predicted molar refractivity (Wildman–Crippen MR) is 107 cm³/mol. The first-order valence-electron chi connectivity index (χ1n) is 9.37. The zero-order valence-corrected chi connectivity index (χ0v) is 15.5. The van der Waals surface area contributed by atoms with Gasteiger partial charge in [-0.1, -0.05) is 60.7 Å². The largest absolute Gasteiger partial charge is 0.322 e. The average molecular weight is 360 g/mol. The summed E-state index contributed by atoms with van der Waals surface area (Å²) in [7, 11) is 1.91. The van der Waals surface area contributed by atoms with Crippen molar-refractivity contribution in [3.63, 3.8) is 0 Å². The molecule has 2 amide bonds. The number of nitrogens with zero attached hydrogens (tertiary/aromatic N) is 3. The molecule has 0 spiro atoms. The summed E-state index contributed by atoms with van der Waals surface area (Å²) >= 11 is 0. The van der Waals surface area contributed by atoms with Crippen LogP contribution in [0.3, 0.4) is 0 Å². The van der Waals surface area contributed by atoms with Gasteiger partial charge in [-0.3, -0.25) is 4.68 Å². The molecule has 1 aromatic heterocycles. The zero-order valence-electron chi connectivity index (χ0n) is 15.5. The number of rotatable bonds is 5. The molecule has 2 heterocycles. The lowest BCUT2D eigenvalue weighted by Gasteiger charge is -2.41. The zero-order chi connectivity index (χ0) is 18.6. The molecule has 1 atom stereocenters. The van der Waals surface area contributed by atoms with Gasteiger partial charge in [0, 0.05) is 26.1 Å². The molecule has 27 heavy (non-hydrogen) atoms. The van der Waals surface area contributed by atoms with Crippen LogP contribution in [0.1, 0.15) is 23.2 Å². The van der Waals surface area contributed by atoms with Crippen molar-refractivity contribution in [2.75, 3.05) is 11.9 Å². The Bertz CT molecular complexity index is 905. The van der Waals surface area contributed by atoms with E-state index < -0.39 is 0 Å². The highest BCUT2D eigenvalue weighted by Gasteiger charge is 2.32. The molecule has 0 aliphatic carbocycles. The van der Waals surface area contributed by atoms with E-state index in [9.17, 15) is 4.79 Å². The topological polar surface area (TPSA) is 50.2 Å². The fraction of sp³-hybridized carbons (Fsp3) is 0.273. The first-order valence-corrected chi connectivity index (χ1v) is 9.37. The molecule has 0 saturated carbocycles. The number of urea groups is 1. The van der Waals surface area contributed by atoms with Crippen molar-refractivity contribution in [2.24, 2.45) is 7.05 Å². The maximum Gasteiger partial charge on any atom is 0.322 e. The van der Waals surface area contributed by atoms with Crippen LogP contribution in [0.5, 0.6) is 0 Å². The number of anilines is 1. The van der Waals surface area contributed by atoms with Gasteiger partial charge in [0.1, 0.15) is 0 Å². The van der Waals surface area contributed by atoms with Crippen LogP contribution in [0.4, 0.5) is 10.5 Å². The molecule has 1 aliphatic heterocycles. The van der Waals surface area contributed by atoms with Gasteiger partial charge in [0.15, 0.2) is 0 Å². The number of carbonyl (C=O) groups excluding carboxylic acids is 1. The molecule has 2 aromatic carbocycles. The molecule has 5 heteroatoms. The molecular formula is C22H24N4O. The minimum Gasteiger partial charge on any atom is -0.321 e. The minimum atomic E-state index is -0.0375. The van der Waals surface area contributed by atoms with Crippen LogP contribution in [0, 0.1) is 0 Å². The van der Waals surface area contributed by atoms with E-state index in [2.05, 4.69) is 34.7 Å². The molecule has 5 nitrogen and oxygen atoms in total. The Morgan fingerprint density at radius 1 is 1.07 bits per heavy atom. The second-order valence-corrected chi connectivity index (χ2v) is 7.05. The van der Waals surface area contributed by atoms with Crippen molar-refractivity contribution in [1.29, 1.82) is 0 Å². The number of aromatic nitrogens is 2. The molecule has 0 radical (unpaired) electrons. The summed E-state index contributed by atoms with van der Waals surface area (Å²) in [5.41, 5.74) is 4.26. The van der Waals surface area contributed by atoms with E-state index in [4.69, 9.17) is 0 Å². The Hall–Kier alpha value is -3.08. The van der Waals surface area contributed by atoms with Gasteiger partial charge >= 0.3 is 6.03 Å². The highest BCUT2D eigenvalue weighted by Crippen LogP contribution is 2.24. The molecule has 1 unspecified atom stereocenters. The molecule has 1 fully saturated rings. The molecule has 1 aliphatic rings. The lowest BCUT2D eigenvalue weighted by atomic mass is 9.96. The van der Waals surface area contributed by atoms with Gasteiger partial charge in [-0.05, 0) is 24.0 Å². The highest BCUT2D eigenvalue weighted by molar-refractivity contribution is 5.90. The maximum absolute atomic E-state index is 12.8. The minimum absolute atomic E-state index is 0.0375. The molecule has 0 bridgehead atoms. The summed E-state index contributed by atoms with van der Waals surface area (Å²) < 4.78 is 1.83. The lowest BCUT2D eigenvalue weighted by Crippen LogP contribution is -2.53. The van der Waals surface area contributed by atoms with Crippen LogP contribution in [0.25, 0.3) is 0 Å². The van der Waals surface area contributed by atoms with E-state index in [1.807, 2.05) is 53.0 Å². The van der Waals surface area contributed by atoms with Crippen LogP contribution >= 0.6 is 0 Å². The average Bonchev–Trinajstić information content (AvgIpc) is 3.00. The van der Waals surface area contributed by atoms with Crippen molar-refractivity contribution in [2.45, 2.75) is 25.3 Å². The molecule has 1 N–H and O–H groups in total. The van der Waals surface area contributed by atoms with E-state index in [1.54, 1.807) is 6.20 Å². The van der Waals surface area contributed by atoms with Gasteiger partial charge in [0.25, 0.3) is 0 Å². The van der Waals surface area contributed by atoms with Crippen molar-refractivity contribution in [3.8, 4) is 0 Å². The number of hydrogen-bond donors (Lipinski definition) is 1. The van der Waals surface area contributed by atoms with E-state index >= 15 is 0 Å². The smallest absolute Gasteiger partial charge is 0.321 e. The van der Waals surface area contributed by atoms with E-state index in [-0.39, 0.29) is 12.1 Å².